The molecule has 0 unspecified atom stereocenters. The lowest BCUT2D eigenvalue weighted by atomic mass is 9.77. The van der Waals surface area contributed by atoms with Crippen molar-refractivity contribution in [3.8, 4) is 5.75 Å². The first kappa shape index (κ1) is 17.8. The Hall–Kier alpha value is -2.04. The van der Waals surface area contributed by atoms with Gasteiger partial charge in [0.1, 0.15) is 5.75 Å². The highest BCUT2D eigenvalue weighted by Crippen LogP contribution is 2.43. The molecule has 25 heavy (non-hydrogen) atoms. The van der Waals surface area contributed by atoms with E-state index >= 15 is 0 Å². The van der Waals surface area contributed by atoms with E-state index in [1.54, 1.807) is 7.11 Å². The minimum atomic E-state index is -0.412. The average Bonchev–Trinajstić information content (AvgIpc) is 3.12. The summed E-state index contributed by atoms with van der Waals surface area (Å²) < 4.78 is 5.26. The van der Waals surface area contributed by atoms with Crippen molar-refractivity contribution in [2.45, 2.75) is 56.9 Å². The molecule has 1 heterocycles. The van der Waals surface area contributed by atoms with Gasteiger partial charge in [-0.2, -0.15) is 0 Å². The number of rotatable bonds is 4. The van der Waals surface area contributed by atoms with Gasteiger partial charge < -0.3 is 15.0 Å². The highest BCUT2D eigenvalue weighted by molar-refractivity contribution is 5.89. The maximum absolute atomic E-state index is 13.5. The summed E-state index contributed by atoms with van der Waals surface area (Å²) in [6.45, 7) is 2.94. The Morgan fingerprint density at radius 3 is 2.44 bits per heavy atom. The van der Waals surface area contributed by atoms with E-state index in [9.17, 15) is 9.59 Å². The number of hydrogen-bond acceptors (Lipinski definition) is 3. The summed E-state index contributed by atoms with van der Waals surface area (Å²) in [5.74, 6) is 1.02. The van der Waals surface area contributed by atoms with Gasteiger partial charge in [0.05, 0.1) is 12.5 Å². The Morgan fingerprint density at radius 2 is 1.84 bits per heavy atom. The number of methoxy groups -OCH3 is 1. The predicted octanol–water partition coefficient (Wildman–Crippen LogP) is 2.63. The van der Waals surface area contributed by atoms with Gasteiger partial charge in [-0.25, -0.2) is 0 Å². The number of carbonyl (C=O) groups excluding carboxylic acids is 2. The fraction of sp³-hybridized carbons (Fsp3) is 0.600. The minimum absolute atomic E-state index is 0.0231. The quantitative estimate of drug-likeness (QED) is 0.913. The van der Waals surface area contributed by atoms with Crippen LogP contribution in [-0.4, -0.2) is 43.0 Å². The molecule has 0 bridgehead atoms. The summed E-state index contributed by atoms with van der Waals surface area (Å²) in [6, 6.07) is 8.04. The molecule has 2 fully saturated rings. The number of amides is 2. The van der Waals surface area contributed by atoms with E-state index in [2.05, 4.69) is 5.32 Å². The number of ether oxygens (including phenoxy) is 1. The molecular formula is C20H28N2O3. The highest BCUT2D eigenvalue weighted by atomic mass is 16.5. The summed E-state index contributed by atoms with van der Waals surface area (Å²) in [6.07, 6.45) is 5.86. The monoisotopic (exact) mass is 344 g/mol. The average molecular weight is 344 g/mol. The topological polar surface area (TPSA) is 58.6 Å². The van der Waals surface area contributed by atoms with Gasteiger partial charge in [0.15, 0.2) is 0 Å². The van der Waals surface area contributed by atoms with Gasteiger partial charge in [0.25, 0.3) is 0 Å². The normalized spacial score (nSPS) is 22.5. The molecule has 136 valence electrons. The van der Waals surface area contributed by atoms with E-state index in [0.29, 0.717) is 6.54 Å². The second kappa shape index (κ2) is 7.46. The molecule has 1 saturated heterocycles. The third-order valence-corrected chi connectivity index (χ3v) is 5.63. The molecule has 1 aromatic rings. The molecule has 2 aliphatic rings. The summed E-state index contributed by atoms with van der Waals surface area (Å²) in [5.41, 5.74) is 0.683. The Kier molecular flexibility index (Phi) is 5.30. The molecule has 0 aromatic heterocycles. The van der Waals surface area contributed by atoms with Gasteiger partial charge in [-0.05, 0) is 43.4 Å². The molecule has 1 N–H and O–H groups in total. The lowest BCUT2D eigenvalue weighted by Crippen LogP contribution is -2.54. The van der Waals surface area contributed by atoms with Crippen LogP contribution in [0.5, 0.6) is 5.75 Å². The summed E-state index contributed by atoms with van der Waals surface area (Å²) in [5, 5.41) is 2.98. The van der Waals surface area contributed by atoms with Crippen LogP contribution in [-0.2, 0) is 15.0 Å². The van der Waals surface area contributed by atoms with Crippen molar-refractivity contribution < 1.29 is 14.3 Å². The van der Waals surface area contributed by atoms with Crippen LogP contribution in [0.1, 0.15) is 51.0 Å². The predicted molar refractivity (Wildman–Crippen MR) is 96.6 cm³/mol. The van der Waals surface area contributed by atoms with Crippen molar-refractivity contribution in [1.29, 1.82) is 0 Å². The molecular weight excluding hydrogens is 316 g/mol. The lowest BCUT2D eigenvalue weighted by molar-refractivity contribution is -0.139. The van der Waals surface area contributed by atoms with Crippen LogP contribution >= 0.6 is 0 Å². The van der Waals surface area contributed by atoms with Crippen LogP contribution in [0, 0.1) is 0 Å². The van der Waals surface area contributed by atoms with Crippen molar-refractivity contribution >= 4 is 11.8 Å². The van der Waals surface area contributed by atoms with Gasteiger partial charge in [-0.15, -0.1) is 0 Å². The number of nitrogens with one attached hydrogen (secondary N) is 1. The Morgan fingerprint density at radius 1 is 1.16 bits per heavy atom. The molecule has 5 nitrogen and oxygen atoms in total. The first-order chi connectivity index (χ1) is 12.0. The van der Waals surface area contributed by atoms with E-state index in [1.807, 2.05) is 29.2 Å². The Balaban J connectivity index is 1.81. The Bertz CT molecular complexity index is 620. The number of likely N-dealkylation sites (tertiary alicyclic amines) is 1. The Labute approximate surface area is 149 Å². The van der Waals surface area contributed by atoms with Crippen molar-refractivity contribution in [3.63, 3.8) is 0 Å². The zero-order valence-corrected chi connectivity index (χ0v) is 15.2. The summed E-state index contributed by atoms with van der Waals surface area (Å²) in [7, 11) is 1.65. The minimum Gasteiger partial charge on any atom is -0.497 e. The molecule has 1 aromatic carbocycles. The highest BCUT2D eigenvalue weighted by Gasteiger charge is 2.45. The number of carbonyl (C=O) groups is 2. The van der Waals surface area contributed by atoms with E-state index in [0.717, 1.165) is 56.4 Å². The molecule has 1 aliphatic heterocycles. The van der Waals surface area contributed by atoms with Gasteiger partial charge in [0.2, 0.25) is 11.8 Å². The number of nitrogens with zero attached hydrogens (tertiary/aromatic N) is 1. The second-order valence-corrected chi connectivity index (χ2v) is 7.31. The van der Waals surface area contributed by atoms with Crippen LogP contribution in [0.4, 0.5) is 0 Å². The third kappa shape index (κ3) is 3.65. The van der Waals surface area contributed by atoms with E-state index < -0.39 is 5.41 Å². The van der Waals surface area contributed by atoms with Crippen LogP contribution in [0.15, 0.2) is 24.3 Å². The third-order valence-electron chi connectivity index (χ3n) is 5.63. The van der Waals surface area contributed by atoms with Crippen molar-refractivity contribution in [1.82, 2.24) is 10.2 Å². The summed E-state index contributed by atoms with van der Waals surface area (Å²) >= 11 is 0. The fourth-order valence-electron chi connectivity index (χ4n) is 4.38. The van der Waals surface area contributed by atoms with Crippen molar-refractivity contribution in [2.75, 3.05) is 20.2 Å². The number of piperidine rings is 1. The SMILES string of the molecule is COc1ccc(C2(C(=O)N3CCC[C@H](NC(C)=O)C3)CCCC2)cc1. The first-order valence-electron chi connectivity index (χ1n) is 9.26. The zero-order chi connectivity index (χ0) is 17.9. The van der Waals surface area contributed by atoms with E-state index in [1.165, 1.54) is 6.92 Å². The van der Waals surface area contributed by atoms with Crippen molar-refractivity contribution in [3.05, 3.63) is 29.8 Å². The fourth-order valence-corrected chi connectivity index (χ4v) is 4.38. The molecule has 1 aliphatic carbocycles. The largest absolute Gasteiger partial charge is 0.497 e. The molecule has 3 rings (SSSR count). The number of hydrogen-bond donors (Lipinski definition) is 1. The van der Waals surface area contributed by atoms with Crippen LogP contribution in [0.25, 0.3) is 0 Å². The summed E-state index contributed by atoms with van der Waals surface area (Å²) in [4.78, 5) is 26.8. The van der Waals surface area contributed by atoms with Crippen LogP contribution < -0.4 is 10.1 Å². The van der Waals surface area contributed by atoms with E-state index in [4.69, 9.17) is 4.74 Å². The standard InChI is InChI=1S/C20H28N2O3/c1-15(23)21-17-6-5-13-22(14-17)19(24)20(11-3-4-12-20)16-7-9-18(25-2)10-8-16/h7-10,17H,3-6,11-14H2,1-2H3,(H,21,23)/t17-/m0/s1. The van der Waals surface area contributed by atoms with Gasteiger partial charge >= 0.3 is 0 Å². The number of benzene rings is 1. The molecule has 1 atom stereocenters. The second-order valence-electron chi connectivity index (χ2n) is 7.31. The molecule has 0 radical (unpaired) electrons. The lowest BCUT2D eigenvalue weighted by Gasteiger charge is -2.39. The van der Waals surface area contributed by atoms with Gasteiger partial charge in [-0.1, -0.05) is 25.0 Å². The van der Waals surface area contributed by atoms with Gasteiger partial charge in [0, 0.05) is 26.1 Å². The van der Waals surface area contributed by atoms with Crippen LogP contribution in [0.3, 0.4) is 0 Å². The molecule has 0 spiro atoms. The van der Waals surface area contributed by atoms with E-state index in [-0.39, 0.29) is 17.9 Å². The maximum atomic E-state index is 13.5. The van der Waals surface area contributed by atoms with Crippen molar-refractivity contribution in [2.24, 2.45) is 0 Å². The molecule has 5 heteroatoms. The molecule has 2 amide bonds. The first-order valence-corrected chi connectivity index (χ1v) is 9.26. The zero-order valence-electron chi connectivity index (χ0n) is 15.2. The van der Waals surface area contributed by atoms with Gasteiger partial charge in [-0.3, -0.25) is 9.59 Å². The smallest absolute Gasteiger partial charge is 0.233 e. The van der Waals surface area contributed by atoms with Crippen LogP contribution in [0.2, 0.25) is 0 Å². The maximum Gasteiger partial charge on any atom is 0.233 e. The molecule has 1 saturated carbocycles.